The molecule has 2 aromatic carbocycles. The SMILES string of the molecule is CN(/N=C/c1ccccc1C(=O)OCCN1CCNCC1)c1nc(-c2ccccc2Cl)cs1. The van der Waals surface area contributed by atoms with Gasteiger partial charge in [0.05, 0.1) is 17.5 Å². The second-order valence-electron chi connectivity index (χ2n) is 7.58. The Hall–Kier alpha value is -2.78. The number of hydrogen-bond donors (Lipinski definition) is 1. The first-order valence-corrected chi connectivity index (χ1v) is 12.0. The van der Waals surface area contributed by atoms with Crippen LogP contribution in [-0.2, 0) is 4.74 Å². The lowest BCUT2D eigenvalue weighted by atomic mass is 10.1. The second-order valence-corrected chi connectivity index (χ2v) is 8.82. The molecule has 0 saturated carbocycles. The lowest BCUT2D eigenvalue weighted by Crippen LogP contribution is -2.44. The minimum atomic E-state index is -0.343. The molecule has 0 aliphatic carbocycles. The number of halogens is 1. The van der Waals surface area contributed by atoms with Gasteiger partial charge in [0, 0.05) is 61.3 Å². The fraction of sp³-hybridized carbons (Fsp3) is 0.292. The van der Waals surface area contributed by atoms with E-state index in [0.717, 1.165) is 49.1 Å². The highest BCUT2D eigenvalue weighted by Crippen LogP contribution is 2.31. The first-order chi connectivity index (χ1) is 16.1. The topological polar surface area (TPSA) is 70.1 Å². The van der Waals surface area contributed by atoms with Crippen LogP contribution in [0.1, 0.15) is 15.9 Å². The first-order valence-electron chi connectivity index (χ1n) is 10.8. The van der Waals surface area contributed by atoms with Gasteiger partial charge in [-0.1, -0.05) is 48.0 Å². The highest BCUT2D eigenvalue weighted by molar-refractivity contribution is 7.14. The van der Waals surface area contributed by atoms with Gasteiger partial charge >= 0.3 is 5.97 Å². The van der Waals surface area contributed by atoms with Crippen LogP contribution in [0.3, 0.4) is 0 Å². The van der Waals surface area contributed by atoms with Gasteiger partial charge < -0.3 is 10.1 Å². The molecule has 3 aromatic rings. The Labute approximate surface area is 202 Å². The maximum Gasteiger partial charge on any atom is 0.338 e. The number of nitrogens with one attached hydrogen (secondary N) is 1. The van der Waals surface area contributed by atoms with Crippen molar-refractivity contribution in [2.24, 2.45) is 5.10 Å². The Bertz CT molecular complexity index is 1110. The highest BCUT2D eigenvalue weighted by atomic mass is 35.5. The fourth-order valence-electron chi connectivity index (χ4n) is 3.48. The summed E-state index contributed by atoms with van der Waals surface area (Å²) in [6.45, 7) is 5.00. The van der Waals surface area contributed by atoms with Gasteiger partial charge in [-0.15, -0.1) is 11.3 Å². The highest BCUT2D eigenvalue weighted by Gasteiger charge is 2.14. The van der Waals surface area contributed by atoms with Gasteiger partial charge in [0.1, 0.15) is 6.61 Å². The van der Waals surface area contributed by atoms with Gasteiger partial charge in [0.2, 0.25) is 5.13 Å². The number of carbonyl (C=O) groups excluding carboxylic acids is 1. The lowest BCUT2D eigenvalue weighted by Gasteiger charge is -2.26. The number of thiazole rings is 1. The molecule has 2 heterocycles. The largest absolute Gasteiger partial charge is 0.461 e. The molecule has 1 aliphatic heterocycles. The average molecular weight is 484 g/mol. The summed E-state index contributed by atoms with van der Waals surface area (Å²) in [5.41, 5.74) is 2.87. The number of ether oxygens (including phenoxy) is 1. The van der Waals surface area contributed by atoms with Crippen LogP contribution in [0.2, 0.25) is 5.02 Å². The number of anilines is 1. The van der Waals surface area contributed by atoms with Crippen LogP contribution in [0, 0.1) is 0 Å². The van der Waals surface area contributed by atoms with Crippen LogP contribution in [0.25, 0.3) is 11.3 Å². The molecular formula is C24H26ClN5O2S. The van der Waals surface area contributed by atoms with Crippen molar-refractivity contribution >= 4 is 40.3 Å². The van der Waals surface area contributed by atoms with E-state index >= 15 is 0 Å². The van der Waals surface area contributed by atoms with Gasteiger partial charge in [-0.2, -0.15) is 5.10 Å². The predicted molar refractivity (Wildman–Crippen MR) is 135 cm³/mol. The standard InChI is InChI=1S/C24H26ClN5O2S/c1-29(24-28-22(17-33-24)20-8-4-5-9-21(20)25)27-16-18-6-2-3-7-19(18)23(31)32-15-14-30-12-10-26-11-13-30/h2-9,16-17,26H,10-15H2,1H3/b27-16+. The van der Waals surface area contributed by atoms with E-state index in [-0.39, 0.29) is 5.97 Å². The molecule has 1 aromatic heterocycles. The summed E-state index contributed by atoms with van der Waals surface area (Å²) in [6.07, 6.45) is 1.66. The van der Waals surface area contributed by atoms with E-state index in [1.807, 2.05) is 54.9 Å². The Morgan fingerprint density at radius 3 is 2.82 bits per heavy atom. The number of aromatic nitrogens is 1. The molecule has 1 saturated heterocycles. The maximum atomic E-state index is 12.7. The van der Waals surface area contributed by atoms with E-state index in [4.69, 9.17) is 16.3 Å². The van der Waals surface area contributed by atoms with E-state index < -0.39 is 0 Å². The zero-order valence-corrected chi connectivity index (χ0v) is 20.0. The minimum absolute atomic E-state index is 0.343. The van der Waals surface area contributed by atoms with E-state index in [1.54, 1.807) is 17.3 Å². The molecule has 1 N–H and O–H groups in total. The molecule has 33 heavy (non-hydrogen) atoms. The molecule has 9 heteroatoms. The second kappa shape index (κ2) is 11.4. The summed E-state index contributed by atoms with van der Waals surface area (Å²) in [4.78, 5) is 19.6. The van der Waals surface area contributed by atoms with Crippen LogP contribution >= 0.6 is 22.9 Å². The lowest BCUT2D eigenvalue weighted by molar-refractivity contribution is 0.0456. The average Bonchev–Trinajstić information content (AvgIpc) is 3.34. The Morgan fingerprint density at radius 1 is 1.24 bits per heavy atom. The van der Waals surface area contributed by atoms with Crippen LogP contribution in [-0.4, -0.2) is 68.4 Å². The van der Waals surface area contributed by atoms with Crippen molar-refractivity contribution in [3.8, 4) is 11.3 Å². The van der Waals surface area contributed by atoms with Crippen LogP contribution < -0.4 is 10.3 Å². The molecular weight excluding hydrogens is 458 g/mol. The third-order valence-electron chi connectivity index (χ3n) is 5.32. The van der Waals surface area contributed by atoms with Crippen LogP contribution in [0.4, 0.5) is 5.13 Å². The number of carbonyl (C=O) groups is 1. The quantitative estimate of drug-likeness (QED) is 0.297. The Morgan fingerprint density at radius 2 is 2.00 bits per heavy atom. The molecule has 4 rings (SSSR count). The molecule has 0 atom stereocenters. The summed E-state index contributed by atoms with van der Waals surface area (Å²) < 4.78 is 5.53. The van der Waals surface area contributed by atoms with E-state index in [2.05, 4.69) is 20.3 Å². The van der Waals surface area contributed by atoms with Crippen molar-refractivity contribution < 1.29 is 9.53 Å². The Balaban J connectivity index is 1.39. The number of rotatable bonds is 8. The van der Waals surface area contributed by atoms with Gasteiger partial charge in [0.15, 0.2) is 0 Å². The van der Waals surface area contributed by atoms with Gasteiger partial charge in [0.25, 0.3) is 0 Å². The summed E-state index contributed by atoms with van der Waals surface area (Å²) in [5.74, 6) is -0.343. The molecule has 7 nitrogen and oxygen atoms in total. The van der Waals surface area contributed by atoms with Crippen molar-refractivity contribution in [2.45, 2.75) is 0 Å². The van der Waals surface area contributed by atoms with Gasteiger partial charge in [-0.05, 0) is 12.1 Å². The third-order valence-corrected chi connectivity index (χ3v) is 6.56. The number of nitrogens with zero attached hydrogens (tertiary/aromatic N) is 4. The van der Waals surface area contributed by atoms with Gasteiger partial charge in [-0.25, -0.2) is 14.8 Å². The number of esters is 1. The molecule has 0 unspecified atom stereocenters. The molecule has 0 radical (unpaired) electrons. The van der Waals surface area contributed by atoms with E-state index in [0.29, 0.717) is 22.8 Å². The minimum Gasteiger partial charge on any atom is -0.461 e. The summed E-state index contributed by atoms with van der Waals surface area (Å²) in [7, 11) is 1.82. The third kappa shape index (κ3) is 6.17. The fourth-order valence-corrected chi connectivity index (χ4v) is 4.46. The van der Waals surface area contributed by atoms with Crippen molar-refractivity contribution in [1.29, 1.82) is 0 Å². The number of hydrogen-bond acceptors (Lipinski definition) is 8. The van der Waals surface area contributed by atoms with Crippen molar-refractivity contribution in [3.63, 3.8) is 0 Å². The van der Waals surface area contributed by atoms with E-state index in [1.165, 1.54) is 11.3 Å². The van der Waals surface area contributed by atoms with Crippen molar-refractivity contribution in [2.75, 3.05) is 51.4 Å². The normalized spacial score (nSPS) is 14.5. The molecule has 0 amide bonds. The van der Waals surface area contributed by atoms with Crippen molar-refractivity contribution in [1.82, 2.24) is 15.2 Å². The molecule has 172 valence electrons. The van der Waals surface area contributed by atoms with Crippen LogP contribution in [0.5, 0.6) is 0 Å². The summed E-state index contributed by atoms with van der Waals surface area (Å²) in [6, 6.07) is 14.9. The van der Waals surface area contributed by atoms with Gasteiger partial charge in [-0.3, -0.25) is 4.90 Å². The molecule has 1 aliphatic rings. The molecule has 0 bridgehead atoms. The summed E-state index contributed by atoms with van der Waals surface area (Å²) >= 11 is 7.76. The molecule has 1 fully saturated rings. The monoisotopic (exact) mass is 483 g/mol. The predicted octanol–water partition coefficient (Wildman–Crippen LogP) is 4.00. The smallest absolute Gasteiger partial charge is 0.338 e. The number of hydrazone groups is 1. The first kappa shape index (κ1) is 23.4. The zero-order chi connectivity index (χ0) is 23.0. The van der Waals surface area contributed by atoms with Crippen molar-refractivity contribution in [3.05, 3.63) is 70.1 Å². The summed E-state index contributed by atoms with van der Waals surface area (Å²) in [5, 5.41) is 12.8. The number of piperazine rings is 1. The Kier molecular flexibility index (Phi) is 8.06. The van der Waals surface area contributed by atoms with Crippen LogP contribution in [0.15, 0.2) is 59.0 Å². The number of benzene rings is 2. The molecule has 0 spiro atoms. The zero-order valence-electron chi connectivity index (χ0n) is 18.4. The maximum absolute atomic E-state index is 12.7. The van der Waals surface area contributed by atoms with E-state index in [9.17, 15) is 4.79 Å².